The number of hydrogen-bond donors (Lipinski definition) is 1. The van der Waals surface area contributed by atoms with Crippen LogP contribution in [0.1, 0.15) is 43.7 Å². The molecule has 0 fully saturated rings. The van der Waals surface area contributed by atoms with E-state index in [0.717, 1.165) is 5.39 Å². The molecule has 28 heavy (non-hydrogen) atoms. The van der Waals surface area contributed by atoms with Crippen LogP contribution in [0.3, 0.4) is 0 Å². The third kappa shape index (κ3) is 4.55. The maximum absolute atomic E-state index is 12.4. The van der Waals surface area contributed by atoms with E-state index < -0.39 is 18.0 Å². The van der Waals surface area contributed by atoms with E-state index in [0.29, 0.717) is 11.2 Å². The quantitative estimate of drug-likeness (QED) is 0.669. The van der Waals surface area contributed by atoms with Crippen LogP contribution >= 0.6 is 0 Å². The molecule has 0 aliphatic heterocycles. The van der Waals surface area contributed by atoms with Gasteiger partial charge in [-0.2, -0.15) is 0 Å². The average Bonchev–Trinajstić information content (AvgIpc) is 2.67. The third-order valence-corrected chi connectivity index (χ3v) is 4.48. The summed E-state index contributed by atoms with van der Waals surface area (Å²) >= 11 is 0. The van der Waals surface area contributed by atoms with E-state index >= 15 is 0 Å². The summed E-state index contributed by atoms with van der Waals surface area (Å²) in [6.45, 7) is 7.92. The Morgan fingerprint density at radius 2 is 1.64 bits per heavy atom. The van der Waals surface area contributed by atoms with Gasteiger partial charge in [-0.05, 0) is 42.2 Å². The van der Waals surface area contributed by atoms with E-state index in [1.165, 1.54) is 12.5 Å². The molecule has 1 N–H and O–H groups in total. The van der Waals surface area contributed by atoms with Gasteiger partial charge in [0.2, 0.25) is 0 Å². The lowest BCUT2D eigenvalue weighted by molar-refractivity contribution is -0.123. The molecule has 0 saturated heterocycles. The molecule has 2 aromatic carbocycles. The van der Waals surface area contributed by atoms with E-state index in [1.807, 2.05) is 48.5 Å². The number of anilines is 1. The SMILES string of the molecule is CC(OC(=O)c1ccc2ccccc2n1)C(=O)Nc1ccc(C(C)(C)C)cc1. The fourth-order valence-corrected chi connectivity index (χ4v) is 2.75. The first kappa shape index (κ1) is 19.5. The summed E-state index contributed by atoms with van der Waals surface area (Å²) in [5.74, 6) is -1.02. The second-order valence-electron chi connectivity index (χ2n) is 7.75. The summed E-state index contributed by atoms with van der Waals surface area (Å²) in [5.41, 5.74) is 2.75. The van der Waals surface area contributed by atoms with Crippen molar-refractivity contribution in [1.82, 2.24) is 4.98 Å². The number of nitrogens with one attached hydrogen (secondary N) is 1. The van der Waals surface area contributed by atoms with Crippen LogP contribution in [0.5, 0.6) is 0 Å². The van der Waals surface area contributed by atoms with Gasteiger partial charge in [-0.1, -0.05) is 57.2 Å². The minimum atomic E-state index is -0.942. The third-order valence-electron chi connectivity index (χ3n) is 4.48. The second-order valence-corrected chi connectivity index (χ2v) is 7.75. The Hall–Kier alpha value is -3.21. The highest BCUT2D eigenvalue weighted by molar-refractivity contribution is 5.97. The van der Waals surface area contributed by atoms with Crippen LogP contribution < -0.4 is 5.32 Å². The summed E-state index contributed by atoms with van der Waals surface area (Å²) in [7, 11) is 0. The molecule has 3 aromatic rings. The van der Waals surface area contributed by atoms with Gasteiger partial charge in [-0.3, -0.25) is 4.79 Å². The van der Waals surface area contributed by atoms with E-state index in [-0.39, 0.29) is 11.1 Å². The summed E-state index contributed by atoms with van der Waals surface area (Å²) in [6.07, 6.45) is -0.942. The molecule has 0 radical (unpaired) electrons. The summed E-state index contributed by atoms with van der Waals surface area (Å²) in [5, 5.41) is 3.70. The smallest absolute Gasteiger partial charge is 0.357 e. The predicted molar refractivity (Wildman–Crippen MR) is 110 cm³/mol. The van der Waals surface area contributed by atoms with E-state index in [1.54, 1.807) is 12.1 Å². The number of esters is 1. The maximum atomic E-state index is 12.4. The van der Waals surface area contributed by atoms with Crippen molar-refractivity contribution in [2.45, 2.75) is 39.2 Å². The molecule has 0 saturated carbocycles. The van der Waals surface area contributed by atoms with Crippen molar-refractivity contribution < 1.29 is 14.3 Å². The molecule has 0 spiro atoms. The lowest BCUT2D eigenvalue weighted by Crippen LogP contribution is -2.30. The van der Waals surface area contributed by atoms with E-state index in [9.17, 15) is 9.59 Å². The van der Waals surface area contributed by atoms with Crippen LogP contribution in [0.4, 0.5) is 5.69 Å². The van der Waals surface area contributed by atoms with Crippen molar-refractivity contribution in [1.29, 1.82) is 0 Å². The van der Waals surface area contributed by atoms with Crippen LogP contribution in [0.25, 0.3) is 10.9 Å². The topological polar surface area (TPSA) is 68.3 Å². The first-order valence-electron chi connectivity index (χ1n) is 9.22. The summed E-state index contributed by atoms with van der Waals surface area (Å²) in [6, 6.07) is 18.5. The Kier molecular flexibility index (Phi) is 5.45. The van der Waals surface area contributed by atoms with Crippen molar-refractivity contribution in [3.05, 3.63) is 71.9 Å². The van der Waals surface area contributed by atoms with Crippen LogP contribution in [0, 0.1) is 0 Å². The number of hydrogen-bond acceptors (Lipinski definition) is 4. The first-order valence-corrected chi connectivity index (χ1v) is 9.22. The van der Waals surface area contributed by atoms with Crippen molar-refractivity contribution >= 4 is 28.5 Å². The number of rotatable bonds is 4. The van der Waals surface area contributed by atoms with Gasteiger partial charge < -0.3 is 10.1 Å². The molecule has 1 unspecified atom stereocenters. The molecule has 1 aromatic heterocycles. The molecule has 0 aliphatic carbocycles. The van der Waals surface area contributed by atoms with E-state index in [2.05, 4.69) is 31.1 Å². The summed E-state index contributed by atoms with van der Waals surface area (Å²) < 4.78 is 5.28. The van der Waals surface area contributed by atoms with Crippen LogP contribution in [0.2, 0.25) is 0 Å². The van der Waals surface area contributed by atoms with Gasteiger partial charge in [0, 0.05) is 11.1 Å². The van der Waals surface area contributed by atoms with Crippen molar-refractivity contribution in [3.63, 3.8) is 0 Å². The maximum Gasteiger partial charge on any atom is 0.357 e. The Morgan fingerprint density at radius 1 is 0.964 bits per heavy atom. The number of carbonyl (C=O) groups is 2. The Morgan fingerprint density at radius 3 is 2.32 bits per heavy atom. The van der Waals surface area contributed by atoms with Gasteiger partial charge in [0.25, 0.3) is 5.91 Å². The van der Waals surface area contributed by atoms with Gasteiger partial charge >= 0.3 is 5.97 Å². The predicted octanol–water partition coefficient (Wildman–Crippen LogP) is 4.72. The van der Waals surface area contributed by atoms with Gasteiger partial charge in [-0.25, -0.2) is 9.78 Å². The molecule has 144 valence electrons. The highest BCUT2D eigenvalue weighted by Crippen LogP contribution is 2.23. The number of fused-ring (bicyclic) bond motifs is 1. The number of aromatic nitrogens is 1. The number of nitrogens with zero attached hydrogens (tertiary/aromatic N) is 1. The molecule has 3 rings (SSSR count). The highest BCUT2D eigenvalue weighted by Gasteiger charge is 2.20. The lowest BCUT2D eigenvalue weighted by Gasteiger charge is -2.19. The highest BCUT2D eigenvalue weighted by atomic mass is 16.5. The Balaban J connectivity index is 1.63. The lowest BCUT2D eigenvalue weighted by atomic mass is 9.87. The van der Waals surface area contributed by atoms with Crippen LogP contribution in [0.15, 0.2) is 60.7 Å². The average molecular weight is 376 g/mol. The molecular weight excluding hydrogens is 352 g/mol. The minimum Gasteiger partial charge on any atom is -0.448 e. The largest absolute Gasteiger partial charge is 0.448 e. The minimum absolute atomic E-state index is 0.0399. The molecular formula is C23H24N2O3. The number of benzene rings is 2. The number of para-hydroxylation sites is 1. The fraction of sp³-hybridized carbons (Fsp3) is 0.261. The molecule has 5 heteroatoms. The molecule has 0 bridgehead atoms. The summed E-state index contributed by atoms with van der Waals surface area (Å²) in [4.78, 5) is 29.0. The van der Waals surface area contributed by atoms with Gasteiger partial charge in [0.05, 0.1) is 5.52 Å². The van der Waals surface area contributed by atoms with Gasteiger partial charge in [0.1, 0.15) is 5.69 Å². The monoisotopic (exact) mass is 376 g/mol. The van der Waals surface area contributed by atoms with Crippen molar-refractivity contribution in [2.75, 3.05) is 5.32 Å². The van der Waals surface area contributed by atoms with Gasteiger partial charge in [-0.15, -0.1) is 0 Å². The van der Waals surface area contributed by atoms with Crippen molar-refractivity contribution in [2.24, 2.45) is 0 Å². The zero-order valence-corrected chi connectivity index (χ0v) is 16.5. The normalized spacial score (nSPS) is 12.4. The Labute approximate surface area is 164 Å². The van der Waals surface area contributed by atoms with E-state index in [4.69, 9.17) is 4.74 Å². The number of carbonyl (C=O) groups excluding carboxylic acids is 2. The first-order chi connectivity index (χ1) is 13.2. The zero-order chi connectivity index (χ0) is 20.3. The Bertz CT molecular complexity index is 1000. The molecule has 1 amide bonds. The molecule has 5 nitrogen and oxygen atoms in total. The zero-order valence-electron chi connectivity index (χ0n) is 16.5. The number of ether oxygens (including phenoxy) is 1. The van der Waals surface area contributed by atoms with Gasteiger partial charge in [0.15, 0.2) is 6.10 Å². The fourth-order valence-electron chi connectivity index (χ4n) is 2.75. The number of pyridine rings is 1. The standard InChI is InChI=1S/C23H24N2O3/c1-15(21(26)24-18-12-10-17(11-13-18)23(2,3)4)28-22(27)20-14-9-16-7-5-6-8-19(16)25-20/h5-15H,1-4H3,(H,24,26). The van der Waals surface area contributed by atoms with Crippen LogP contribution in [-0.2, 0) is 14.9 Å². The van der Waals surface area contributed by atoms with Crippen molar-refractivity contribution in [3.8, 4) is 0 Å². The second kappa shape index (κ2) is 7.80. The van der Waals surface area contributed by atoms with Crippen LogP contribution in [-0.4, -0.2) is 23.0 Å². The molecule has 1 heterocycles. The molecule has 1 atom stereocenters. The number of amides is 1. The molecule has 0 aliphatic rings.